The van der Waals surface area contributed by atoms with Gasteiger partial charge in [0.2, 0.25) is 35.4 Å². The van der Waals surface area contributed by atoms with Crippen molar-refractivity contribution in [2.45, 2.75) is 122 Å². The predicted molar refractivity (Wildman–Crippen MR) is 173 cm³/mol. The average molecular weight is 655 g/mol. The van der Waals surface area contributed by atoms with Crippen molar-refractivity contribution in [3.05, 3.63) is 0 Å². The zero-order valence-electron chi connectivity index (χ0n) is 28.3. The molecule has 8 aliphatic rings. The van der Waals surface area contributed by atoms with Crippen LogP contribution in [0.1, 0.15) is 104 Å². The zero-order valence-corrected chi connectivity index (χ0v) is 28.3. The fourth-order valence-electron chi connectivity index (χ4n) is 11.4. The Hall–Kier alpha value is -3.18. The van der Waals surface area contributed by atoms with Crippen LogP contribution in [0, 0.1) is 46.3 Å². The summed E-state index contributed by atoms with van der Waals surface area (Å²) in [5, 5.41) is 14.0. The van der Waals surface area contributed by atoms with E-state index in [1.807, 2.05) is 13.8 Å². The molecule has 8 saturated carbocycles. The van der Waals surface area contributed by atoms with Crippen molar-refractivity contribution in [2.75, 3.05) is 13.1 Å². The Kier molecular flexibility index (Phi) is 9.10. The molecule has 0 aromatic rings. The molecule has 0 aromatic heterocycles. The number of primary amides is 1. The number of amides is 6. The first kappa shape index (κ1) is 33.7. The Labute approximate surface area is 277 Å². The molecule has 8 aliphatic carbocycles. The standard InChI is InChI=1S/C35H54N6O6/c1-19(2)4-26(30(45)41-35-14-24-8-25(15-35)13-34(12-24,18-35)31(36)46)40-28(43)17-37-27(42)16-38-29(44)20(3)39-32(47)33-9-21-5-22(10-33)7-23(6-21)11-33/h19-26H,4-18H2,1-3H3,(H2,36,46)(H,37,42)(H,38,44)(H,39,47)(H,40,43)(H,41,45)/t20-,21?,22?,23?,24-,25?,26-,33?,34?,35?/m0/s1. The lowest BCUT2D eigenvalue weighted by molar-refractivity contribution is -0.151. The van der Waals surface area contributed by atoms with Gasteiger partial charge in [-0.15, -0.1) is 0 Å². The second-order valence-electron chi connectivity index (χ2n) is 17.0. The topological polar surface area (TPSA) is 189 Å². The van der Waals surface area contributed by atoms with Crippen LogP contribution in [-0.2, 0) is 28.8 Å². The molecule has 12 heteroatoms. The van der Waals surface area contributed by atoms with Crippen LogP contribution in [0.2, 0.25) is 0 Å². The Morgan fingerprint density at radius 3 is 1.74 bits per heavy atom. The molecular weight excluding hydrogens is 600 g/mol. The van der Waals surface area contributed by atoms with E-state index in [0.29, 0.717) is 42.4 Å². The maximum Gasteiger partial charge on any atom is 0.243 e. The van der Waals surface area contributed by atoms with Gasteiger partial charge in [0, 0.05) is 11.0 Å². The van der Waals surface area contributed by atoms with Crippen LogP contribution in [0.3, 0.4) is 0 Å². The largest absolute Gasteiger partial charge is 0.369 e. The van der Waals surface area contributed by atoms with Crippen LogP contribution in [0.15, 0.2) is 0 Å². The number of nitrogens with one attached hydrogen (secondary N) is 5. The van der Waals surface area contributed by atoms with E-state index in [0.717, 1.165) is 51.4 Å². The normalized spacial score (nSPS) is 37.1. The summed E-state index contributed by atoms with van der Waals surface area (Å²) in [6.07, 6.45) is 11.6. The second-order valence-corrected chi connectivity index (χ2v) is 17.0. The fourth-order valence-corrected chi connectivity index (χ4v) is 11.4. The number of carbonyl (C=O) groups is 6. The molecule has 8 fully saturated rings. The van der Waals surface area contributed by atoms with Gasteiger partial charge in [-0.2, -0.15) is 0 Å². The smallest absolute Gasteiger partial charge is 0.243 e. The van der Waals surface area contributed by atoms with E-state index in [9.17, 15) is 28.8 Å². The van der Waals surface area contributed by atoms with Gasteiger partial charge in [0.25, 0.3) is 0 Å². The summed E-state index contributed by atoms with van der Waals surface area (Å²) in [7, 11) is 0. The molecule has 3 unspecified atom stereocenters. The first-order chi connectivity index (χ1) is 22.2. The molecule has 7 N–H and O–H groups in total. The minimum Gasteiger partial charge on any atom is -0.369 e. The van der Waals surface area contributed by atoms with Gasteiger partial charge < -0.3 is 32.3 Å². The minimum absolute atomic E-state index is 0.0454. The highest BCUT2D eigenvalue weighted by atomic mass is 16.2. The van der Waals surface area contributed by atoms with E-state index in [4.69, 9.17) is 5.73 Å². The van der Waals surface area contributed by atoms with Crippen molar-refractivity contribution in [3.8, 4) is 0 Å². The van der Waals surface area contributed by atoms with Crippen molar-refractivity contribution >= 4 is 35.4 Å². The van der Waals surface area contributed by atoms with Gasteiger partial charge >= 0.3 is 0 Å². The van der Waals surface area contributed by atoms with Crippen molar-refractivity contribution in [3.63, 3.8) is 0 Å². The third-order valence-electron chi connectivity index (χ3n) is 12.5. The minimum atomic E-state index is -0.796. The lowest BCUT2D eigenvalue weighted by atomic mass is 9.46. The molecule has 0 heterocycles. The van der Waals surface area contributed by atoms with Crippen LogP contribution in [0.5, 0.6) is 0 Å². The maximum absolute atomic E-state index is 13.6. The molecule has 0 aromatic carbocycles. The van der Waals surface area contributed by atoms with E-state index in [1.165, 1.54) is 19.3 Å². The summed E-state index contributed by atoms with van der Waals surface area (Å²) >= 11 is 0. The van der Waals surface area contributed by atoms with Crippen molar-refractivity contribution in [1.29, 1.82) is 0 Å². The Balaban J connectivity index is 0.946. The molecule has 8 bridgehead atoms. The number of carbonyl (C=O) groups excluding carboxylic acids is 6. The van der Waals surface area contributed by atoms with E-state index in [-0.39, 0.29) is 42.1 Å². The fraction of sp³-hybridized carbons (Fsp3) is 0.829. The molecule has 6 atom stereocenters. The monoisotopic (exact) mass is 654 g/mol. The summed E-state index contributed by atoms with van der Waals surface area (Å²) in [5.74, 6) is 0.558. The Morgan fingerprint density at radius 1 is 0.660 bits per heavy atom. The highest BCUT2D eigenvalue weighted by molar-refractivity contribution is 5.93. The summed E-state index contributed by atoms with van der Waals surface area (Å²) in [6, 6.07) is -1.58. The van der Waals surface area contributed by atoms with Crippen LogP contribution in [0.4, 0.5) is 0 Å². The highest BCUT2D eigenvalue weighted by Crippen LogP contribution is 2.62. The summed E-state index contributed by atoms with van der Waals surface area (Å²) in [5.41, 5.74) is 4.45. The third kappa shape index (κ3) is 7.02. The second kappa shape index (κ2) is 12.7. The quantitative estimate of drug-likeness (QED) is 0.174. The van der Waals surface area contributed by atoms with Crippen molar-refractivity contribution in [2.24, 2.45) is 52.1 Å². The molecule has 0 saturated heterocycles. The van der Waals surface area contributed by atoms with Gasteiger partial charge in [-0.25, -0.2) is 0 Å². The third-order valence-corrected chi connectivity index (χ3v) is 12.5. The number of nitrogens with two attached hydrogens (primary N) is 1. The number of hydrogen-bond donors (Lipinski definition) is 6. The highest BCUT2D eigenvalue weighted by Gasteiger charge is 2.61. The molecule has 8 rings (SSSR count). The summed E-state index contributed by atoms with van der Waals surface area (Å²) in [6.45, 7) is 4.86. The zero-order chi connectivity index (χ0) is 33.7. The average Bonchev–Trinajstić information content (AvgIpc) is 2.96. The molecular formula is C35H54N6O6. The van der Waals surface area contributed by atoms with Gasteiger partial charge in [0.05, 0.1) is 18.5 Å². The predicted octanol–water partition coefficient (Wildman–Crippen LogP) is 1.41. The summed E-state index contributed by atoms with van der Waals surface area (Å²) in [4.78, 5) is 77.5. The van der Waals surface area contributed by atoms with E-state index >= 15 is 0 Å². The molecule has 6 amide bonds. The van der Waals surface area contributed by atoms with Gasteiger partial charge in [-0.05, 0) is 126 Å². The Bertz CT molecular complexity index is 1260. The lowest BCUT2D eigenvalue weighted by Crippen LogP contribution is -2.67. The first-order valence-electron chi connectivity index (χ1n) is 17.9. The van der Waals surface area contributed by atoms with Crippen molar-refractivity contribution in [1.82, 2.24) is 26.6 Å². The number of rotatable bonds is 13. The van der Waals surface area contributed by atoms with Gasteiger partial charge in [0.15, 0.2) is 0 Å². The van der Waals surface area contributed by atoms with Crippen LogP contribution >= 0.6 is 0 Å². The number of hydrogen-bond acceptors (Lipinski definition) is 6. The Morgan fingerprint density at radius 2 is 1.19 bits per heavy atom. The van der Waals surface area contributed by atoms with E-state index in [2.05, 4.69) is 26.6 Å². The SMILES string of the molecule is CC(C)C[C@H](NC(=O)CNC(=O)CNC(=O)[C@H](C)NC(=O)C12CC3CC(CC(C3)C1)C2)C(=O)NC12CC3C[C@H](C1)CC(C(N)=O)(C3)C2. The van der Waals surface area contributed by atoms with Gasteiger partial charge in [0.1, 0.15) is 12.1 Å². The molecule has 47 heavy (non-hydrogen) atoms. The molecule has 0 radical (unpaired) electrons. The van der Waals surface area contributed by atoms with Gasteiger partial charge in [-0.1, -0.05) is 13.8 Å². The summed E-state index contributed by atoms with van der Waals surface area (Å²) < 4.78 is 0. The van der Waals surface area contributed by atoms with E-state index in [1.54, 1.807) is 6.92 Å². The first-order valence-corrected chi connectivity index (χ1v) is 17.9. The van der Waals surface area contributed by atoms with E-state index < -0.39 is 40.8 Å². The maximum atomic E-state index is 13.6. The molecule has 0 aliphatic heterocycles. The molecule has 12 nitrogen and oxygen atoms in total. The molecule has 260 valence electrons. The van der Waals surface area contributed by atoms with Gasteiger partial charge in [-0.3, -0.25) is 28.8 Å². The van der Waals surface area contributed by atoms with Crippen LogP contribution in [-0.4, -0.2) is 66.2 Å². The molecule has 0 spiro atoms. The van der Waals surface area contributed by atoms with Crippen molar-refractivity contribution < 1.29 is 28.8 Å². The van der Waals surface area contributed by atoms with Crippen LogP contribution < -0.4 is 32.3 Å². The van der Waals surface area contributed by atoms with Crippen LogP contribution in [0.25, 0.3) is 0 Å². The lowest BCUT2D eigenvalue weighted by Gasteiger charge is -2.61.